The summed E-state index contributed by atoms with van der Waals surface area (Å²) in [4.78, 5) is 1.17. The van der Waals surface area contributed by atoms with Gasteiger partial charge in [-0.2, -0.15) is 0 Å². The molecular weight excluding hydrogens is 258 g/mol. The number of hydrogen-bond donors (Lipinski definition) is 2. The van der Waals surface area contributed by atoms with Crippen LogP contribution in [-0.4, -0.2) is 48.0 Å². The standard InChI is InChI=1S/C11H20F2N4O2/c1-8(2)5-14-6-10-15-16-11(19-10)17(3-4-18)7-9(12)13/h8-9,14,18H,3-7H2,1-2H3. The van der Waals surface area contributed by atoms with Crippen molar-refractivity contribution in [1.29, 1.82) is 0 Å². The average Bonchev–Trinajstić information content (AvgIpc) is 2.76. The lowest BCUT2D eigenvalue weighted by molar-refractivity contribution is 0.150. The third-order valence-electron chi connectivity index (χ3n) is 2.28. The SMILES string of the molecule is CC(C)CNCc1nnc(N(CCO)CC(F)F)o1. The maximum absolute atomic E-state index is 12.4. The monoisotopic (exact) mass is 278 g/mol. The fourth-order valence-corrected chi connectivity index (χ4v) is 1.46. The molecule has 8 heteroatoms. The first-order valence-corrected chi connectivity index (χ1v) is 6.20. The van der Waals surface area contributed by atoms with Crippen molar-refractivity contribution in [2.24, 2.45) is 5.92 Å². The van der Waals surface area contributed by atoms with Gasteiger partial charge in [-0.25, -0.2) is 8.78 Å². The zero-order valence-corrected chi connectivity index (χ0v) is 11.1. The number of anilines is 1. The Labute approximate surface area is 110 Å². The number of rotatable bonds is 9. The Kier molecular flexibility index (Phi) is 6.65. The molecule has 0 saturated carbocycles. The van der Waals surface area contributed by atoms with Crippen molar-refractivity contribution in [2.75, 3.05) is 31.1 Å². The highest BCUT2D eigenvalue weighted by Gasteiger charge is 2.18. The van der Waals surface area contributed by atoms with Gasteiger partial charge >= 0.3 is 6.01 Å². The van der Waals surface area contributed by atoms with Crippen LogP contribution in [-0.2, 0) is 6.54 Å². The molecule has 1 aromatic heterocycles. The second-order valence-electron chi connectivity index (χ2n) is 4.56. The number of hydrogen-bond acceptors (Lipinski definition) is 6. The molecular formula is C11H20F2N4O2. The summed E-state index contributed by atoms with van der Waals surface area (Å²) in [6.45, 7) is 4.57. The number of aliphatic hydroxyl groups is 1. The number of aromatic nitrogens is 2. The molecule has 0 saturated heterocycles. The normalized spacial score (nSPS) is 11.5. The zero-order valence-electron chi connectivity index (χ0n) is 11.1. The fraction of sp³-hybridized carbons (Fsp3) is 0.818. The minimum absolute atomic E-state index is 0.00990. The maximum atomic E-state index is 12.4. The number of aliphatic hydroxyl groups excluding tert-OH is 1. The van der Waals surface area contributed by atoms with E-state index >= 15 is 0 Å². The molecule has 110 valence electrons. The van der Waals surface area contributed by atoms with Gasteiger partial charge in [-0.1, -0.05) is 18.9 Å². The first-order valence-electron chi connectivity index (χ1n) is 6.20. The molecule has 0 aliphatic heterocycles. The molecule has 1 rings (SSSR count). The van der Waals surface area contributed by atoms with Crippen molar-refractivity contribution >= 4 is 6.01 Å². The topological polar surface area (TPSA) is 74.4 Å². The van der Waals surface area contributed by atoms with Crippen LogP contribution < -0.4 is 10.2 Å². The summed E-state index contributed by atoms with van der Waals surface area (Å²) in [7, 11) is 0. The van der Waals surface area contributed by atoms with Crippen LogP contribution in [0.15, 0.2) is 4.42 Å². The molecule has 0 aliphatic carbocycles. The third kappa shape index (κ3) is 5.93. The lowest BCUT2D eigenvalue weighted by Gasteiger charge is -2.17. The molecule has 0 spiro atoms. The Hall–Kier alpha value is -1.28. The minimum atomic E-state index is -2.53. The molecule has 0 amide bonds. The van der Waals surface area contributed by atoms with E-state index in [0.29, 0.717) is 18.4 Å². The molecule has 1 heterocycles. The first kappa shape index (κ1) is 15.8. The Morgan fingerprint density at radius 1 is 1.37 bits per heavy atom. The lowest BCUT2D eigenvalue weighted by atomic mass is 10.2. The molecule has 2 N–H and O–H groups in total. The molecule has 1 aromatic rings. The molecule has 0 bridgehead atoms. The summed E-state index contributed by atoms with van der Waals surface area (Å²) in [5, 5.41) is 19.4. The highest BCUT2D eigenvalue weighted by Crippen LogP contribution is 2.13. The molecule has 0 unspecified atom stereocenters. The van der Waals surface area contributed by atoms with Gasteiger partial charge in [0.25, 0.3) is 6.43 Å². The van der Waals surface area contributed by atoms with E-state index in [9.17, 15) is 8.78 Å². The van der Waals surface area contributed by atoms with Gasteiger partial charge in [0.15, 0.2) is 0 Å². The number of nitrogens with one attached hydrogen (secondary N) is 1. The molecule has 0 aliphatic rings. The van der Waals surface area contributed by atoms with Crippen LogP contribution in [0.5, 0.6) is 0 Å². The van der Waals surface area contributed by atoms with E-state index in [1.165, 1.54) is 4.90 Å². The van der Waals surface area contributed by atoms with Gasteiger partial charge in [0.1, 0.15) is 0 Å². The highest BCUT2D eigenvalue weighted by atomic mass is 19.3. The predicted molar refractivity (Wildman–Crippen MR) is 66.1 cm³/mol. The van der Waals surface area contributed by atoms with Crippen LogP contribution in [0.2, 0.25) is 0 Å². The van der Waals surface area contributed by atoms with Gasteiger partial charge in [-0.05, 0) is 12.5 Å². The van der Waals surface area contributed by atoms with Crippen LogP contribution in [0.25, 0.3) is 0 Å². The van der Waals surface area contributed by atoms with Gasteiger partial charge in [-0.3, -0.25) is 0 Å². The maximum Gasteiger partial charge on any atom is 0.318 e. The van der Waals surface area contributed by atoms with Crippen LogP contribution in [0, 0.1) is 5.92 Å². The van der Waals surface area contributed by atoms with E-state index in [4.69, 9.17) is 9.52 Å². The molecule has 6 nitrogen and oxygen atoms in total. The van der Waals surface area contributed by atoms with Crippen molar-refractivity contribution in [3.63, 3.8) is 0 Å². The minimum Gasteiger partial charge on any atom is -0.407 e. The third-order valence-corrected chi connectivity index (χ3v) is 2.28. The highest BCUT2D eigenvalue weighted by molar-refractivity contribution is 5.23. The lowest BCUT2D eigenvalue weighted by Crippen LogP contribution is -2.31. The number of halogens is 2. The number of alkyl halides is 2. The first-order chi connectivity index (χ1) is 9.02. The van der Waals surface area contributed by atoms with Gasteiger partial charge in [0, 0.05) is 6.54 Å². The zero-order chi connectivity index (χ0) is 14.3. The van der Waals surface area contributed by atoms with Crippen LogP contribution >= 0.6 is 0 Å². The van der Waals surface area contributed by atoms with Crippen molar-refractivity contribution in [1.82, 2.24) is 15.5 Å². The van der Waals surface area contributed by atoms with E-state index < -0.39 is 13.0 Å². The summed E-state index contributed by atoms with van der Waals surface area (Å²) < 4.78 is 30.0. The van der Waals surface area contributed by atoms with Crippen molar-refractivity contribution in [2.45, 2.75) is 26.8 Å². The van der Waals surface area contributed by atoms with E-state index in [2.05, 4.69) is 29.4 Å². The van der Waals surface area contributed by atoms with Gasteiger partial charge in [-0.15, -0.1) is 5.10 Å². The summed E-state index contributed by atoms with van der Waals surface area (Å²) >= 11 is 0. The smallest absolute Gasteiger partial charge is 0.318 e. The Balaban J connectivity index is 2.54. The second-order valence-corrected chi connectivity index (χ2v) is 4.56. The quantitative estimate of drug-likeness (QED) is 0.698. The summed E-state index contributed by atoms with van der Waals surface area (Å²) in [5.74, 6) is 0.833. The van der Waals surface area contributed by atoms with Gasteiger partial charge in [0.05, 0.1) is 19.7 Å². The summed E-state index contributed by atoms with van der Waals surface area (Å²) in [6.07, 6.45) is -2.53. The Bertz CT molecular complexity index is 360. The van der Waals surface area contributed by atoms with Crippen molar-refractivity contribution < 1.29 is 18.3 Å². The summed E-state index contributed by atoms with van der Waals surface area (Å²) in [5.41, 5.74) is 0. The number of nitrogens with zero attached hydrogens (tertiary/aromatic N) is 3. The van der Waals surface area contributed by atoms with Crippen molar-refractivity contribution in [3.05, 3.63) is 5.89 Å². The molecule has 0 radical (unpaired) electrons. The van der Waals surface area contributed by atoms with E-state index in [0.717, 1.165) is 6.54 Å². The predicted octanol–water partition coefficient (Wildman–Crippen LogP) is 0.879. The molecule has 0 fully saturated rings. The Morgan fingerprint density at radius 3 is 2.68 bits per heavy atom. The largest absolute Gasteiger partial charge is 0.407 e. The summed E-state index contributed by atoms with van der Waals surface area (Å²) in [6, 6.07) is 0.00990. The van der Waals surface area contributed by atoms with Gasteiger partial charge < -0.3 is 19.7 Å². The van der Waals surface area contributed by atoms with Crippen LogP contribution in [0.1, 0.15) is 19.7 Å². The van der Waals surface area contributed by atoms with Crippen molar-refractivity contribution in [3.8, 4) is 0 Å². The van der Waals surface area contributed by atoms with Crippen LogP contribution in [0.4, 0.5) is 14.8 Å². The van der Waals surface area contributed by atoms with Gasteiger partial charge in [0.2, 0.25) is 5.89 Å². The Morgan fingerprint density at radius 2 is 2.11 bits per heavy atom. The van der Waals surface area contributed by atoms with Crippen LogP contribution in [0.3, 0.4) is 0 Å². The van der Waals surface area contributed by atoms with E-state index in [-0.39, 0.29) is 19.2 Å². The van der Waals surface area contributed by atoms with E-state index in [1.807, 2.05) is 0 Å². The molecule has 19 heavy (non-hydrogen) atoms. The fourth-order valence-electron chi connectivity index (χ4n) is 1.46. The molecule has 0 atom stereocenters. The molecule has 0 aromatic carbocycles. The second kappa shape index (κ2) is 8.00. The van der Waals surface area contributed by atoms with E-state index in [1.54, 1.807) is 0 Å². The average molecular weight is 278 g/mol.